The number of aromatic nitrogens is 2. The molecule has 0 atom stereocenters. The second-order valence-electron chi connectivity index (χ2n) is 4.98. The molecule has 0 saturated carbocycles. The van der Waals surface area contributed by atoms with Crippen molar-refractivity contribution in [3.63, 3.8) is 0 Å². The van der Waals surface area contributed by atoms with Crippen LogP contribution in [0.3, 0.4) is 0 Å². The van der Waals surface area contributed by atoms with Crippen molar-refractivity contribution in [2.45, 2.75) is 9.79 Å². The number of aromatic amines is 1. The fraction of sp³-hybridized carbons (Fsp3) is 0.0714. The van der Waals surface area contributed by atoms with Gasteiger partial charge in [0.1, 0.15) is 13.5 Å². The Morgan fingerprint density at radius 2 is 1.79 bits per heavy atom. The molecule has 2 aromatic carbocycles. The summed E-state index contributed by atoms with van der Waals surface area (Å²) in [5.74, 6) is -0.234. The maximum absolute atomic E-state index is 12.5. The molecular formula is C14H11IN2O5S2. The predicted molar refractivity (Wildman–Crippen MR) is 96.2 cm³/mol. The molecule has 3 aromatic rings. The Morgan fingerprint density at radius 1 is 1.08 bits per heavy atom. The minimum absolute atomic E-state index is 0.0855. The molecule has 0 radical (unpaired) electrons. The first-order valence-corrected chi connectivity index (χ1v) is 10.9. The quantitative estimate of drug-likeness (QED) is 0.456. The number of hydrogen-bond donors (Lipinski definition) is 1. The van der Waals surface area contributed by atoms with E-state index in [0.29, 0.717) is 14.6 Å². The summed E-state index contributed by atoms with van der Waals surface area (Å²) in [5, 5.41) is 7.40. The van der Waals surface area contributed by atoms with Gasteiger partial charge >= 0.3 is 10.1 Å². The Balaban J connectivity index is 2.07. The number of sulfone groups is 1. The second kappa shape index (κ2) is 6.01. The molecule has 0 fully saturated rings. The van der Waals surface area contributed by atoms with Gasteiger partial charge < -0.3 is 4.18 Å². The smallest absolute Gasteiger partial charge is 0.339 e. The van der Waals surface area contributed by atoms with E-state index in [4.69, 9.17) is 4.18 Å². The lowest BCUT2D eigenvalue weighted by Crippen LogP contribution is -2.12. The summed E-state index contributed by atoms with van der Waals surface area (Å²) < 4.78 is 54.3. The molecule has 0 aliphatic heterocycles. The Kier molecular flexibility index (Phi) is 4.30. The summed E-state index contributed by atoms with van der Waals surface area (Å²) in [6.45, 7) is 0. The van der Waals surface area contributed by atoms with Crippen molar-refractivity contribution >= 4 is 53.4 Å². The number of hydrogen-bond acceptors (Lipinski definition) is 6. The van der Waals surface area contributed by atoms with E-state index < -0.39 is 20.0 Å². The minimum Gasteiger partial charge on any atom is -0.378 e. The Labute approximate surface area is 152 Å². The zero-order chi connectivity index (χ0) is 17.5. The zero-order valence-electron chi connectivity index (χ0n) is 12.2. The van der Waals surface area contributed by atoms with E-state index in [1.807, 2.05) is 22.6 Å². The molecular weight excluding hydrogens is 467 g/mol. The van der Waals surface area contributed by atoms with Crippen molar-refractivity contribution < 1.29 is 21.0 Å². The Morgan fingerprint density at radius 3 is 2.50 bits per heavy atom. The van der Waals surface area contributed by atoms with Gasteiger partial charge in [0.25, 0.3) is 0 Å². The van der Waals surface area contributed by atoms with Crippen molar-refractivity contribution in [1.29, 1.82) is 0 Å². The van der Waals surface area contributed by atoms with E-state index >= 15 is 0 Å². The first-order valence-electron chi connectivity index (χ1n) is 6.56. The minimum atomic E-state index is -4.19. The van der Waals surface area contributed by atoms with E-state index in [2.05, 4.69) is 10.2 Å². The topological polar surface area (TPSA) is 106 Å². The van der Waals surface area contributed by atoms with Gasteiger partial charge in [0, 0.05) is 11.6 Å². The first-order chi connectivity index (χ1) is 11.2. The molecule has 0 amide bonds. The number of halogens is 1. The van der Waals surface area contributed by atoms with Crippen LogP contribution in [0.25, 0.3) is 10.9 Å². The largest absolute Gasteiger partial charge is 0.378 e. The zero-order valence-corrected chi connectivity index (χ0v) is 16.0. The van der Waals surface area contributed by atoms with Crippen LogP contribution < -0.4 is 4.18 Å². The average molecular weight is 478 g/mol. The van der Waals surface area contributed by atoms with Gasteiger partial charge in [-0.25, -0.2) is 8.42 Å². The van der Waals surface area contributed by atoms with Crippen LogP contribution >= 0.6 is 22.6 Å². The monoisotopic (exact) mass is 478 g/mol. The van der Waals surface area contributed by atoms with Crippen molar-refractivity contribution in [3.8, 4) is 5.75 Å². The highest BCUT2D eigenvalue weighted by molar-refractivity contribution is 14.1. The number of rotatable bonds is 4. The number of nitrogens with one attached hydrogen (secondary N) is 1. The highest BCUT2D eigenvalue weighted by atomic mass is 127. The first kappa shape index (κ1) is 17.2. The van der Waals surface area contributed by atoms with Gasteiger partial charge in [-0.3, -0.25) is 5.10 Å². The number of para-hydroxylation sites is 1. The second-order valence-corrected chi connectivity index (χ2v) is 9.53. The van der Waals surface area contributed by atoms with Crippen LogP contribution in [0.1, 0.15) is 0 Å². The van der Waals surface area contributed by atoms with Crippen molar-refractivity contribution in [2.75, 3.05) is 6.26 Å². The van der Waals surface area contributed by atoms with Crippen molar-refractivity contribution in [1.82, 2.24) is 10.2 Å². The van der Waals surface area contributed by atoms with Gasteiger partial charge in [-0.05, 0) is 52.9 Å². The van der Waals surface area contributed by atoms with Gasteiger partial charge in [-0.2, -0.15) is 13.5 Å². The average Bonchev–Trinajstić information content (AvgIpc) is 2.87. The van der Waals surface area contributed by atoms with Crippen LogP contribution in [-0.4, -0.2) is 33.3 Å². The van der Waals surface area contributed by atoms with Crippen LogP contribution in [0.4, 0.5) is 0 Å². The van der Waals surface area contributed by atoms with Crippen LogP contribution in [0, 0.1) is 3.70 Å². The molecule has 0 aliphatic rings. The van der Waals surface area contributed by atoms with E-state index in [1.54, 1.807) is 6.07 Å². The molecule has 1 aromatic heterocycles. The summed E-state index contributed by atoms with van der Waals surface area (Å²) in [7, 11) is -7.82. The molecule has 3 rings (SSSR count). The van der Waals surface area contributed by atoms with Crippen molar-refractivity contribution in [3.05, 3.63) is 46.2 Å². The van der Waals surface area contributed by atoms with Crippen molar-refractivity contribution in [2.24, 2.45) is 0 Å². The summed E-state index contributed by atoms with van der Waals surface area (Å²) >= 11 is 1.98. The van der Waals surface area contributed by atoms with E-state index in [9.17, 15) is 16.8 Å². The van der Waals surface area contributed by atoms with Gasteiger partial charge in [-0.1, -0.05) is 12.1 Å². The molecule has 0 saturated heterocycles. The molecule has 0 spiro atoms. The molecule has 10 heteroatoms. The lowest BCUT2D eigenvalue weighted by Gasteiger charge is -2.10. The van der Waals surface area contributed by atoms with Gasteiger partial charge in [0.2, 0.25) is 0 Å². The molecule has 7 nitrogen and oxygen atoms in total. The maximum atomic E-state index is 12.5. The van der Waals surface area contributed by atoms with E-state index in [1.165, 1.54) is 36.4 Å². The van der Waals surface area contributed by atoms with Gasteiger partial charge in [-0.15, -0.1) is 0 Å². The Hall–Kier alpha value is -1.66. The number of benzene rings is 2. The molecule has 1 heterocycles. The normalized spacial score (nSPS) is 12.4. The van der Waals surface area contributed by atoms with E-state index in [0.717, 1.165) is 6.26 Å². The van der Waals surface area contributed by atoms with Crippen LogP contribution in [-0.2, 0) is 20.0 Å². The summed E-state index contributed by atoms with van der Waals surface area (Å²) in [5.41, 5.74) is 0.690. The predicted octanol–water partition coefficient (Wildman–Crippen LogP) is 2.34. The van der Waals surface area contributed by atoms with Crippen LogP contribution in [0.5, 0.6) is 5.75 Å². The third kappa shape index (κ3) is 3.26. The number of fused-ring (bicyclic) bond motifs is 1. The van der Waals surface area contributed by atoms with Crippen LogP contribution in [0.2, 0.25) is 0 Å². The lowest BCUT2D eigenvalue weighted by molar-refractivity contribution is 0.479. The van der Waals surface area contributed by atoms with Gasteiger partial charge in [0.15, 0.2) is 15.6 Å². The summed E-state index contributed by atoms with van der Waals surface area (Å²) in [6, 6.07) is 9.96. The molecule has 0 bridgehead atoms. The van der Waals surface area contributed by atoms with Crippen LogP contribution in [0.15, 0.2) is 52.3 Å². The maximum Gasteiger partial charge on any atom is 0.339 e. The molecule has 0 unspecified atom stereocenters. The summed E-state index contributed by atoms with van der Waals surface area (Å²) in [6.07, 6.45) is 0.988. The van der Waals surface area contributed by atoms with E-state index in [-0.39, 0.29) is 15.5 Å². The number of H-pyrrole nitrogens is 1. The molecule has 24 heavy (non-hydrogen) atoms. The fourth-order valence-electron chi connectivity index (χ4n) is 2.11. The van der Waals surface area contributed by atoms with Gasteiger partial charge in [0.05, 0.1) is 5.52 Å². The lowest BCUT2D eigenvalue weighted by atomic mass is 10.3. The highest BCUT2D eigenvalue weighted by Gasteiger charge is 2.22. The standard InChI is InChI=1S/C14H11IN2O5S2/c1-23(18,19)13-5-3-2-4-12(13)22-24(20,21)9-6-7-11-10(8-9)14(15)17-16-11/h2-8H,1H3,(H,16,17). The fourth-order valence-corrected chi connectivity index (χ4v) is 4.50. The molecule has 1 N–H and O–H groups in total. The molecule has 0 aliphatic carbocycles. The number of nitrogens with zero attached hydrogens (tertiary/aromatic N) is 1. The highest BCUT2D eigenvalue weighted by Crippen LogP contribution is 2.28. The third-order valence-corrected chi connectivity index (χ3v) is 6.41. The summed E-state index contributed by atoms with van der Waals surface area (Å²) in [4.78, 5) is -0.273. The molecule has 126 valence electrons. The SMILES string of the molecule is CS(=O)(=O)c1ccccc1OS(=O)(=O)c1ccc2[nH]nc(I)c2c1. The third-order valence-electron chi connectivity index (χ3n) is 3.22. The Bertz CT molecular complexity index is 1140.